The molecule has 0 spiro atoms. The number of esters is 1. The lowest BCUT2D eigenvalue weighted by Gasteiger charge is -1.99. The number of carbonyl (C=O) groups is 1. The minimum atomic E-state index is -0.239. The third-order valence-electron chi connectivity index (χ3n) is 1.37. The van der Waals surface area contributed by atoms with E-state index >= 15 is 0 Å². The first-order valence-corrected chi connectivity index (χ1v) is 5.36. The number of hydrogen-bond acceptors (Lipinski definition) is 5. The fraction of sp³-hybridized carbons (Fsp3) is 0.375. The van der Waals surface area contributed by atoms with Crippen molar-refractivity contribution in [1.29, 1.82) is 0 Å². The first-order chi connectivity index (χ1) is 6.72. The van der Waals surface area contributed by atoms with Crippen LogP contribution >= 0.6 is 23.4 Å². The van der Waals surface area contributed by atoms with Crippen LogP contribution in [0.5, 0.6) is 0 Å². The fourth-order valence-corrected chi connectivity index (χ4v) is 1.55. The highest BCUT2D eigenvalue weighted by Gasteiger charge is 2.01. The first kappa shape index (κ1) is 11.3. The molecular weight excluding hydrogens is 224 g/mol. The predicted octanol–water partition coefficient (Wildman–Crippen LogP) is 1.54. The summed E-state index contributed by atoms with van der Waals surface area (Å²) in [5.41, 5.74) is 0.795. The van der Waals surface area contributed by atoms with Crippen LogP contribution in [-0.4, -0.2) is 28.8 Å². The van der Waals surface area contributed by atoms with Gasteiger partial charge >= 0.3 is 5.97 Å². The van der Waals surface area contributed by atoms with E-state index in [4.69, 9.17) is 11.6 Å². The number of methoxy groups -OCH3 is 1. The lowest BCUT2D eigenvalue weighted by Crippen LogP contribution is -2.03. The van der Waals surface area contributed by atoms with Gasteiger partial charge < -0.3 is 4.74 Å². The first-order valence-electron chi connectivity index (χ1n) is 3.83. The van der Waals surface area contributed by atoms with Gasteiger partial charge in [-0.3, -0.25) is 9.78 Å². The van der Waals surface area contributed by atoms with E-state index < -0.39 is 0 Å². The Kier molecular flexibility index (Phi) is 4.69. The molecule has 0 bridgehead atoms. The molecule has 0 aromatic carbocycles. The number of rotatable bonds is 4. The zero-order valence-corrected chi connectivity index (χ0v) is 9.14. The van der Waals surface area contributed by atoms with Crippen molar-refractivity contribution >= 4 is 29.3 Å². The van der Waals surface area contributed by atoms with Gasteiger partial charge in [-0.2, -0.15) is 0 Å². The van der Waals surface area contributed by atoms with Gasteiger partial charge in [-0.05, 0) is 0 Å². The molecule has 0 aliphatic carbocycles. The summed E-state index contributed by atoms with van der Waals surface area (Å²) in [6.45, 7) is 0. The van der Waals surface area contributed by atoms with Gasteiger partial charge in [0.2, 0.25) is 0 Å². The highest BCUT2D eigenvalue weighted by atomic mass is 35.5. The third-order valence-corrected chi connectivity index (χ3v) is 2.51. The summed E-state index contributed by atoms with van der Waals surface area (Å²) in [6, 6.07) is 0. The van der Waals surface area contributed by atoms with Gasteiger partial charge in [0.15, 0.2) is 0 Å². The molecule has 0 amide bonds. The molecule has 14 heavy (non-hydrogen) atoms. The van der Waals surface area contributed by atoms with Crippen molar-refractivity contribution in [2.45, 2.75) is 5.75 Å². The molecule has 0 N–H and O–H groups in total. The van der Waals surface area contributed by atoms with Crippen molar-refractivity contribution in [2.75, 3.05) is 12.9 Å². The normalized spacial score (nSPS) is 9.86. The second kappa shape index (κ2) is 5.82. The van der Waals surface area contributed by atoms with Gasteiger partial charge in [-0.25, -0.2) is 4.98 Å². The van der Waals surface area contributed by atoms with Crippen molar-refractivity contribution in [2.24, 2.45) is 0 Å². The second-order valence-electron chi connectivity index (χ2n) is 2.40. The molecular formula is C8H9ClN2O2S. The Labute approximate surface area is 91.0 Å². The van der Waals surface area contributed by atoms with Crippen molar-refractivity contribution < 1.29 is 9.53 Å². The van der Waals surface area contributed by atoms with Crippen LogP contribution in [0.2, 0.25) is 5.15 Å². The fourth-order valence-electron chi connectivity index (χ4n) is 0.711. The van der Waals surface area contributed by atoms with Gasteiger partial charge in [0.1, 0.15) is 5.15 Å². The minimum absolute atomic E-state index is 0.239. The van der Waals surface area contributed by atoms with Crippen LogP contribution in [0.15, 0.2) is 12.4 Å². The Morgan fingerprint density at radius 3 is 2.93 bits per heavy atom. The van der Waals surface area contributed by atoms with Crippen LogP contribution in [0.25, 0.3) is 0 Å². The lowest BCUT2D eigenvalue weighted by atomic mass is 10.5. The van der Waals surface area contributed by atoms with Crippen molar-refractivity contribution in [3.63, 3.8) is 0 Å². The van der Waals surface area contributed by atoms with Gasteiger partial charge in [-0.15, -0.1) is 11.8 Å². The summed E-state index contributed by atoms with van der Waals surface area (Å²) in [6.07, 6.45) is 3.07. The topological polar surface area (TPSA) is 52.1 Å². The maximum atomic E-state index is 10.8. The Morgan fingerprint density at radius 2 is 2.36 bits per heavy atom. The number of halogens is 1. The summed E-state index contributed by atoms with van der Waals surface area (Å²) in [7, 11) is 1.37. The van der Waals surface area contributed by atoms with E-state index in [-0.39, 0.29) is 5.97 Å². The average Bonchev–Trinajstić information content (AvgIpc) is 2.21. The minimum Gasteiger partial charge on any atom is -0.468 e. The van der Waals surface area contributed by atoms with E-state index in [1.807, 2.05) is 0 Å². The third kappa shape index (κ3) is 3.93. The van der Waals surface area contributed by atoms with E-state index in [1.54, 1.807) is 6.20 Å². The highest BCUT2D eigenvalue weighted by molar-refractivity contribution is 7.99. The maximum absolute atomic E-state index is 10.8. The van der Waals surface area contributed by atoms with Crippen LogP contribution in [0, 0.1) is 0 Å². The highest BCUT2D eigenvalue weighted by Crippen LogP contribution is 2.10. The molecule has 0 unspecified atom stereocenters. The summed E-state index contributed by atoms with van der Waals surface area (Å²) in [4.78, 5) is 18.7. The van der Waals surface area contributed by atoms with Crippen molar-refractivity contribution in [3.8, 4) is 0 Å². The molecule has 0 saturated heterocycles. The Balaban J connectivity index is 2.31. The number of thioether (sulfide) groups is 1. The lowest BCUT2D eigenvalue weighted by molar-refractivity contribution is -0.137. The molecule has 76 valence electrons. The monoisotopic (exact) mass is 232 g/mol. The Bertz CT molecular complexity index is 305. The van der Waals surface area contributed by atoms with E-state index in [1.165, 1.54) is 25.1 Å². The molecule has 0 aliphatic heterocycles. The molecule has 0 atom stereocenters. The van der Waals surface area contributed by atoms with E-state index in [2.05, 4.69) is 14.7 Å². The summed E-state index contributed by atoms with van der Waals surface area (Å²) >= 11 is 6.99. The SMILES string of the molecule is COC(=O)CSCc1cnc(Cl)cn1. The van der Waals surface area contributed by atoms with Crippen molar-refractivity contribution in [1.82, 2.24) is 9.97 Å². The zero-order valence-electron chi connectivity index (χ0n) is 7.57. The molecule has 6 heteroatoms. The van der Waals surface area contributed by atoms with Crippen LogP contribution < -0.4 is 0 Å². The van der Waals surface area contributed by atoms with E-state index in [0.29, 0.717) is 16.7 Å². The van der Waals surface area contributed by atoms with Crippen molar-refractivity contribution in [3.05, 3.63) is 23.2 Å². The van der Waals surface area contributed by atoms with Crippen LogP contribution in [0.3, 0.4) is 0 Å². The standard InChI is InChI=1S/C8H9ClN2O2S/c1-13-8(12)5-14-4-6-2-11-7(9)3-10-6/h2-3H,4-5H2,1H3. The molecule has 0 fully saturated rings. The number of hydrogen-bond donors (Lipinski definition) is 0. The summed E-state index contributed by atoms with van der Waals surface area (Å²) in [5.74, 6) is 0.706. The second-order valence-corrected chi connectivity index (χ2v) is 3.77. The number of ether oxygens (including phenoxy) is 1. The molecule has 1 heterocycles. The van der Waals surface area contributed by atoms with E-state index in [9.17, 15) is 4.79 Å². The molecule has 1 aromatic rings. The quantitative estimate of drug-likeness (QED) is 0.737. The molecule has 1 rings (SSSR count). The number of carbonyl (C=O) groups excluding carboxylic acids is 1. The van der Waals surface area contributed by atoms with Gasteiger partial charge in [0.25, 0.3) is 0 Å². The van der Waals surface area contributed by atoms with Gasteiger partial charge in [-0.1, -0.05) is 11.6 Å². The predicted molar refractivity (Wildman–Crippen MR) is 55.2 cm³/mol. The largest absolute Gasteiger partial charge is 0.468 e. The molecule has 4 nitrogen and oxygen atoms in total. The molecule has 1 aromatic heterocycles. The van der Waals surface area contributed by atoms with Crippen LogP contribution in [0.4, 0.5) is 0 Å². The van der Waals surface area contributed by atoms with Crippen LogP contribution in [-0.2, 0) is 15.3 Å². The van der Waals surface area contributed by atoms with Gasteiger partial charge in [0, 0.05) is 5.75 Å². The molecule has 0 saturated carbocycles. The van der Waals surface area contributed by atoms with E-state index in [0.717, 1.165) is 5.69 Å². The zero-order chi connectivity index (χ0) is 10.4. The summed E-state index contributed by atoms with van der Waals surface area (Å²) in [5, 5.41) is 0.367. The number of nitrogens with zero attached hydrogens (tertiary/aromatic N) is 2. The smallest absolute Gasteiger partial charge is 0.315 e. The van der Waals surface area contributed by atoms with Gasteiger partial charge in [0.05, 0.1) is 31.0 Å². The number of aromatic nitrogens is 2. The maximum Gasteiger partial charge on any atom is 0.315 e. The molecule has 0 radical (unpaired) electrons. The summed E-state index contributed by atoms with van der Waals surface area (Å²) < 4.78 is 4.49. The Hall–Kier alpha value is -0.810. The average molecular weight is 233 g/mol. The molecule has 0 aliphatic rings. The van der Waals surface area contributed by atoms with Crippen LogP contribution in [0.1, 0.15) is 5.69 Å². The Morgan fingerprint density at radius 1 is 1.57 bits per heavy atom.